The second-order valence-corrected chi connectivity index (χ2v) is 0. The van der Waals surface area contributed by atoms with Gasteiger partial charge >= 0.3 is 37.7 Å². The fraction of sp³-hybridized carbons (Fsp3) is 0. The van der Waals surface area contributed by atoms with Crippen molar-refractivity contribution < 1.29 is 60.8 Å². The summed E-state index contributed by atoms with van der Waals surface area (Å²) in [5.74, 6) is 0. The van der Waals surface area contributed by atoms with Crippen LogP contribution in [0, 0.1) is 0 Å². The van der Waals surface area contributed by atoms with Crippen molar-refractivity contribution in [1.82, 2.24) is 0 Å². The minimum Gasteiger partial charge on any atom is -0.0149 e. The molecule has 0 rings (SSSR count). The van der Waals surface area contributed by atoms with Crippen LogP contribution in [0.4, 0.5) is 0 Å². The molecule has 5 heavy (non-hydrogen) atoms. The van der Waals surface area contributed by atoms with Crippen LogP contribution in [-0.4, -0.2) is 48.7 Å². The van der Waals surface area contributed by atoms with Crippen LogP contribution < -0.4 is 0 Å². The molecule has 0 aliphatic rings. The van der Waals surface area contributed by atoms with Crippen molar-refractivity contribution >= 4 is 48.7 Å². The summed E-state index contributed by atoms with van der Waals surface area (Å²) in [4.78, 5) is 0. The summed E-state index contributed by atoms with van der Waals surface area (Å²) >= 11 is 0. The van der Waals surface area contributed by atoms with Crippen LogP contribution in [0.25, 0.3) is 0 Å². The third kappa shape index (κ3) is 18.6. The van der Waals surface area contributed by atoms with Gasteiger partial charge in [-0.15, -0.1) is 0 Å². The van der Waals surface area contributed by atoms with Crippen LogP contribution in [0.3, 0.4) is 0 Å². The molecule has 0 bridgehead atoms. The summed E-state index contributed by atoms with van der Waals surface area (Å²) in [6.45, 7) is 0. The van der Waals surface area contributed by atoms with E-state index in [1.807, 2.05) is 0 Å². The number of hydrogen-bond acceptors (Lipinski definition) is 0. The van der Waals surface area contributed by atoms with Gasteiger partial charge in [-0.25, -0.2) is 0 Å². The molecule has 0 fully saturated rings. The van der Waals surface area contributed by atoms with E-state index in [9.17, 15) is 0 Å². The fourth-order valence-corrected chi connectivity index (χ4v) is 0. The normalized spacial score (nSPS) is 0. The monoisotopic (exact) mass is 491 g/mol. The van der Waals surface area contributed by atoms with Gasteiger partial charge in [0.2, 0.25) is 0 Å². The summed E-state index contributed by atoms with van der Waals surface area (Å²) in [6, 6.07) is 0. The first-order valence-electron chi connectivity index (χ1n) is 0. The molecule has 29 valence electrons. The summed E-state index contributed by atoms with van der Waals surface area (Å²) in [5.41, 5.74) is 0. The Hall–Kier alpha value is 3.44. The Balaban J connectivity index is 0. The van der Waals surface area contributed by atoms with E-state index in [2.05, 4.69) is 0 Å². The Morgan fingerprint density at radius 2 is 1.00 bits per heavy atom. The van der Waals surface area contributed by atoms with Crippen LogP contribution in [0.2, 0.25) is 0 Å². The maximum absolute atomic E-state index is 0. The largest absolute Gasteiger partial charge is 0.0149 e. The molecule has 0 aliphatic carbocycles. The first-order valence-corrected chi connectivity index (χ1v) is 0. The molecule has 0 nitrogen and oxygen atoms in total. The van der Waals surface area contributed by atoms with Gasteiger partial charge in [0.25, 0.3) is 0 Å². The van der Waals surface area contributed by atoms with Crippen LogP contribution in [-0.2, 0) is 60.8 Å². The second-order valence-electron chi connectivity index (χ2n) is 0. The van der Waals surface area contributed by atoms with Gasteiger partial charge in [0, 0.05) is 60.8 Å². The third-order valence-electron chi connectivity index (χ3n) is 0. The molecule has 0 amide bonds. The molecule has 0 heterocycles. The molecule has 0 saturated carbocycles. The Morgan fingerprint density at radius 3 is 1.00 bits per heavy atom. The maximum atomic E-state index is 0. The molecule has 0 aromatic carbocycles. The van der Waals surface area contributed by atoms with Crippen molar-refractivity contribution in [2.45, 2.75) is 0 Å². The van der Waals surface area contributed by atoms with E-state index in [1.165, 1.54) is 0 Å². The molecule has 5 heteroatoms. The van der Waals surface area contributed by atoms with Crippen LogP contribution >= 0.6 is 0 Å². The molecule has 0 aromatic rings. The molecule has 0 saturated heterocycles. The first kappa shape index (κ1) is 39.5. The van der Waals surface area contributed by atoms with E-state index in [1.54, 1.807) is 0 Å². The Kier molecular flexibility index (Phi) is 206. The van der Waals surface area contributed by atoms with Crippen molar-refractivity contribution in [3.8, 4) is 0 Å². The van der Waals surface area contributed by atoms with Gasteiger partial charge in [-0.05, 0) is 11.0 Å². The predicted molar refractivity (Wildman–Crippen MR) is 19.9 cm³/mol. The molecular weight excluding hydrogens is 485 g/mol. The Labute approximate surface area is 107 Å². The zero-order valence-electron chi connectivity index (χ0n) is 1.26. The Morgan fingerprint density at radius 1 is 1.00 bits per heavy atom. The summed E-state index contributed by atoms with van der Waals surface area (Å²) in [7, 11) is 0. The Bertz CT molecular complexity index is 11.6. The van der Waals surface area contributed by atoms with Crippen molar-refractivity contribution in [2.75, 3.05) is 0 Å². The van der Waals surface area contributed by atoms with Crippen molar-refractivity contribution in [1.29, 1.82) is 0 Å². The van der Waals surface area contributed by atoms with Gasteiger partial charge in [-0.1, -0.05) is 0 Å². The topological polar surface area (TPSA) is 0 Å². The van der Waals surface area contributed by atoms with Crippen molar-refractivity contribution in [3.63, 3.8) is 0 Å². The third-order valence-corrected chi connectivity index (χ3v) is 0. The average Bonchev–Trinajstić information content (AvgIpc) is 0. The molecule has 0 unspecified atom stereocenters. The van der Waals surface area contributed by atoms with E-state index in [4.69, 9.17) is 0 Å². The molecule has 0 aromatic heterocycles. The van der Waals surface area contributed by atoms with Gasteiger partial charge in [-0.2, -0.15) is 0 Å². The van der Waals surface area contributed by atoms with E-state index in [0.29, 0.717) is 0 Å². The van der Waals surface area contributed by atoms with E-state index < -0.39 is 0 Å². The zero-order chi connectivity index (χ0) is 0. The SMILES string of the molecule is [CaH2].[Cr].[SiH4].[Ta].[W]. The van der Waals surface area contributed by atoms with E-state index in [0.717, 1.165) is 0 Å². The van der Waals surface area contributed by atoms with Crippen molar-refractivity contribution in [3.05, 3.63) is 0 Å². The molecule has 1 radical (unpaired) electrons. The van der Waals surface area contributed by atoms with Crippen LogP contribution in [0.15, 0.2) is 0 Å². The minimum atomic E-state index is 0. The predicted octanol–water partition coefficient (Wildman–Crippen LogP) is -2.38. The van der Waals surface area contributed by atoms with Gasteiger partial charge in [0.1, 0.15) is 0 Å². The standard InChI is InChI=1S/Ca.Cr.H4Si.Ta.W.2H/h;;1H4;;;;. The van der Waals surface area contributed by atoms with Crippen LogP contribution in [0.1, 0.15) is 0 Å². The fourth-order valence-electron chi connectivity index (χ4n) is 0. The summed E-state index contributed by atoms with van der Waals surface area (Å²) < 4.78 is 0. The maximum Gasteiger partial charge on any atom is 0 e. The molecule has 0 N–H and O–H groups in total. The molecular formula is H6CaCrSiTaW. The van der Waals surface area contributed by atoms with Crippen LogP contribution in [0.5, 0.6) is 0 Å². The van der Waals surface area contributed by atoms with Crippen molar-refractivity contribution in [2.24, 2.45) is 0 Å². The summed E-state index contributed by atoms with van der Waals surface area (Å²) in [5, 5.41) is 0. The van der Waals surface area contributed by atoms with E-state index >= 15 is 0 Å². The first-order chi connectivity index (χ1) is 0. The van der Waals surface area contributed by atoms with E-state index in [-0.39, 0.29) is 110 Å². The quantitative estimate of drug-likeness (QED) is 0.333. The van der Waals surface area contributed by atoms with Gasteiger partial charge in [0.15, 0.2) is 0 Å². The molecule has 0 aliphatic heterocycles. The minimum absolute atomic E-state index is 0. The van der Waals surface area contributed by atoms with Gasteiger partial charge in [0.05, 0.1) is 0 Å². The smallest absolute Gasteiger partial charge is 0 e. The van der Waals surface area contributed by atoms with Gasteiger partial charge < -0.3 is 0 Å². The summed E-state index contributed by atoms with van der Waals surface area (Å²) in [6.07, 6.45) is 0. The number of hydrogen-bond donors (Lipinski definition) is 0. The average molecular weight is 491 g/mol. The number of rotatable bonds is 0. The van der Waals surface area contributed by atoms with Gasteiger partial charge in [-0.3, -0.25) is 0 Å². The zero-order valence-corrected chi connectivity index (χ0v) is 8.69. The molecule has 0 atom stereocenters. The second kappa shape index (κ2) is 26.1. The molecule has 0 spiro atoms.